The lowest BCUT2D eigenvalue weighted by Gasteiger charge is -2.51. The van der Waals surface area contributed by atoms with Crippen LogP contribution in [0.1, 0.15) is 56.2 Å². The molecule has 0 unspecified atom stereocenters. The van der Waals surface area contributed by atoms with Gasteiger partial charge in [0.15, 0.2) is 0 Å². The predicted molar refractivity (Wildman–Crippen MR) is 137 cm³/mol. The number of carbonyl (C=O) groups is 3. The number of cyclic esters (lactones) is 1. The summed E-state index contributed by atoms with van der Waals surface area (Å²) >= 11 is 12.5. The third-order valence-electron chi connectivity index (χ3n) is 7.27. The maximum atomic E-state index is 14.1. The van der Waals surface area contributed by atoms with E-state index in [0.717, 1.165) is 11.1 Å². The normalized spacial score (nSPS) is 25.1. The first-order chi connectivity index (χ1) is 17.1. The van der Waals surface area contributed by atoms with Gasteiger partial charge in [0.05, 0.1) is 24.4 Å². The topological polar surface area (TPSA) is 87.2 Å². The molecule has 4 atom stereocenters. The molecule has 0 saturated carbocycles. The predicted octanol–water partition coefficient (Wildman–Crippen LogP) is 5.76. The molecule has 2 aromatic carbocycles. The van der Waals surface area contributed by atoms with Crippen LogP contribution < -0.4 is 0 Å². The second-order valence-electron chi connectivity index (χ2n) is 9.94. The number of halogens is 2. The number of rotatable bonds is 8. The third-order valence-corrected chi connectivity index (χ3v) is 7.76. The summed E-state index contributed by atoms with van der Waals surface area (Å²) in [4.78, 5) is 41.4. The minimum Gasteiger partial charge on any atom is -0.481 e. The SMILES string of the molecule is C[C@@H](CCN1CCOC1=O)N1C(=O)[C@@](C)(CC(=O)O)C[C@H](c2cccc(Cl)c2)[C@H]1c1ccc(Cl)cc1. The van der Waals surface area contributed by atoms with Crippen LogP contribution in [0.2, 0.25) is 10.0 Å². The minimum atomic E-state index is -1.11. The van der Waals surface area contributed by atoms with E-state index in [2.05, 4.69) is 0 Å². The molecule has 0 radical (unpaired) electrons. The lowest BCUT2D eigenvalue weighted by Crippen LogP contribution is -2.56. The van der Waals surface area contributed by atoms with Crippen LogP contribution in [0.15, 0.2) is 48.5 Å². The summed E-state index contributed by atoms with van der Waals surface area (Å²) in [6, 6.07) is 14.3. The highest BCUT2D eigenvalue weighted by molar-refractivity contribution is 6.30. The van der Waals surface area contributed by atoms with E-state index in [1.54, 1.807) is 30.0 Å². The van der Waals surface area contributed by atoms with E-state index in [1.165, 1.54) is 0 Å². The fourth-order valence-electron chi connectivity index (χ4n) is 5.47. The van der Waals surface area contributed by atoms with Gasteiger partial charge in [-0.25, -0.2) is 4.79 Å². The van der Waals surface area contributed by atoms with Gasteiger partial charge in [0, 0.05) is 28.5 Å². The first-order valence-corrected chi connectivity index (χ1v) is 12.8. The Hall–Kier alpha value is -2.77. The number of carbonyl (C=O) groups excluding carboxylic acids is 2. The van der Waals surface area contributed by atoms with Crippen LogP contribution in [0.5, 0.6) is 0 Å². The zero-order valence-electron chi connectivity index (χ0n) is 20.3. The molecule has 0 bridgehead atoms. The Kier molecular flexibility index (Phi) is 7.81. The molecule has 2 amide bonds. The molecule has 0 aromatic heterocycles. The van der Waals surface area contributed by atoms with Gasteiger partial charge in [-0.15, -0.1) is 0 Å². The average molecular weight is 533 g/mol. The zero-order chi connectivity index (χ0) is 26.0. The number of carboxylic acids is 1. The van der Waals surface area contributed by atoms with Crippen molar-refractivity contribution >= 4 is 41.2 Å². The van der Waals surface area contributed by atoms with Crippen molar-refractivity contribution in [1.82, 2.24) is 9.80 Å². The van der Waals surface area contributed by atoms with Gasteiger partial charge in [0.2, 0.25) is 5.91 Å². The molecule has 2 fully saturated rings. The molecule has 4 rings (SSSR count). The van der Waals surface area contributed by atoms with Crippen LogP contribution in [0.4, 0.5) is 4.79 Å². The van der Waals surface area contributed by atoms with Gasteiger partial charge in [-0.1, -0.05) is 54.4 Å². The maximum Gasteiger partial charge on any atom is 0.409 e. The van der Waals surface area contributed by atoms with Crippen LogP contribution in [-0.4, -0.2) is 58.6 Å². The lowest BCUT2D eigenvalue weighted by molar-refractivity contribution is -0.160. The Morgan fingerprint density at radius 1 is 1.14 bits per heavy atom. The van der Waals surface area contributed by atoms with Gasteiger partial charge in [-0.2, -0.15) is 0 Å². The van der Waals surface area contributed by atoms with E-state index in [0.29, 0.717) is 42.6 Å². The number of ether oxygens (including phenoxy) is 1. The van der Waals surface area contributed by atoms with Gasteiger partial charge >= 0.3 is 12.1 Å². The summed E-state index contributed by atoms with van der Waals surface area (Å²) < 4.78 is 5.05. The molecule has 2 aromatic rings. The van der Waals surface area contributed by atoms with E-state index in [4.69, 9.17) is 27.9 Å². The number of amides is 2. The Morgan fingerprint density at radius 3 is 2.47 bits per heavy atom. The van der Waals surface area contributed by atoms with Crippen LogP contribution in [0.3, 0.4) is 0 Å². The molecule has 1 N–H and O–H groups in total. The van der Waals surface area contributed by atoms with Gasteiger partial charge in [0.25, 0.3) is 0 Å². The standard InChI is InChI=1S/C27H30Cl2N2O5/c1-17(10-11-30-12-13-36-26(30)35)31-24(18-6-8-20(28)9-7-18)22(19-4-3-5-21(29)14-19)15-27(2,25(31)34)16-23(32)33/h3-9,14,17,22,24H,10-13,15-16H2,1-2H3,(H,32,33)/t17-,22+,24+,27+/m0/s1. The van der Waals surface area contributed by atoms with Crippen LogP contribution >= 0.6 is 23.2 Å². The molecule has 36 heavy (non-hydrogen) atoms. The molecular formula is C27H30Cl2N2O5. The summed E-state index contributed by atoms with van der Waals surface area (Å²) in [7, 11) is 0. The number of piperidine rings is 1. The number of likely N-dealkylation sites (tertiary alicyclic amines) is 1. The largest absolute Gasteiger partial charge is 0.481 e. The molecule has 0 spiro atoms. The number of carboxylic acid groups (broad SMARTS) is 1. The fourth-order valence-corrected chi connectivity index (χ4v) is 5.80. The molecule has 192 valence electrons. The van der Waals surface area contributed by atoms with Crippen LogP contribution in [0.25, 0.3) is 0 Å². The van der Waals surface area contributed by atoms with E-state index in [9.17, 15) is 19.5 Å². The minimum absolute atomic E-state index is 0.203. The first kappa shape index (κ1) is 26.3. The smallest absolute Gasteiger partial charge is 0.409 e. The van der Waals surface area contributed by atoms with E-state index < -0.39 is 11.4 Å². The molecule has 0 aliphatic carbocycles. The number of hydrogen-bond donors (Lipinski definition) is 1. The van der Waals surface area contributed by atoms with Crippen molar-refractivity contribution in [3.8, 4) is 0 Å². The number of aliphatic carboxylic acids is 1. The molecule has 2 heterocycles. The molecule has 7 nitrogen and oxygen atoms in total. The molecule has 2 saturated heterocycles. The first-order valence-electron chi connectivity index (χ1n) is 12.1. The number of hydrogen-bond acceptors (Lipinski definition) is 4. The van der Waals surface area contributed by atoms with Crippen molar-refractivity contribution < 1.29 is 24.2 Å². The third kappa shape index (κ3) is 5.47. The monoisotopic (exact) mass is 532 g/mol. The van der Waals surface area contributed by atoms with Crippen molar-refractivity contribution in [2.75, 3.05) is 19.7 Å². The zero-order valence-corrected chi connectivity index (χ0v) is 21.8. The summed E-state index contributed by atoms with van der Waals surface area (Å²) in [5.41, 5.74) is 0.733. The lowest BCUT2D eigenvalue weighted by atomic mass is 9.67. The van der Waals surface area contributed by atoms with Gasteiger partial charge in [-0.05, 0) is 55.2 Å². The van der Waals surface area contributed by atoms with Gasteiger partial charge in [-0.3, -0.25) is 9.59 Å². The quantitative estimate of drug-likeness (QED) is 0.466. The second-order valence-corrected chi connectivity index (χ2v) is 10.8. The van der Waals surface area contributed by atoms with Crippen molar-refractivity contribution in [3.05, 3.63) is 69.7 Å². The van der Waals surface area contributed by atoms with Gasteiger partial charge in [0.1, 0.15) is 6.61 Å². The highest BCUT2D eigenvalue weighted by atomic mass is 35.5. The molecule has 2 aliphatic rings. The molecule has 2 aliphatic heterocycles. The van der Waals surface area contributed by atoms with Crippen molar-refractivity contribution in [3.63, 3.8) is 0 Å². The Bertz CT molecular complexity index is 1140. The second kappa shape index (κ2) is 10.7. The highest BCUT2D eigenvalue weighted by Crippen LogP contribution is 2.52. The summed E-state index contributed by atoms with van der Waals surface area (Å²) in [6.45, 7) is 4.99. The Labute approximate surface area is 220 Å². The average Bonchev–Trinajstić information content (AvgIpc) is 3.23. The van der Waals surface area contributed by atoms with Crippen molar-refractivity contribution in [1.29, 1.82) is 0 Å². The number of benzene rings is 2. The Morgan fingerprint density at radius 2 is 1.86 bits per heavy atom. The summed E-state index contributed by atoms with van der Waals surface area (Å²) in [5, 5.41) is 10.9. The van der Waals surface area contributed by atoms with E-state index >= 15 is 0 Å². The molecular weight excluding hydrogens is 503 g/mol. The Balaban J connectivity index is 1.78. The van der Waals surface area contributed by atoms with E-state index in [1.807, 2.05) is 42.2 Å². The summed E-state index contributed by atoms with van der Waals surface area (Å²) in [6.07, 6.45) is 0.246. The molecule has 9 heteroatoms. The summed E-state index contributed by atoms with van der Waals surface area (Å²) in [5.74, 6) is -1.43. The van der Waals surface area contributed by atoms with Gasteiger partial charge < -0.3 is 19.6 Å². The highest BCUT2D eigenvalue weighted by Gasteiger charge is 2.51. The maximum absolute atomic E-state index is 14.1. The van der Waals surface area contributed by atoms with Crippen LogP contribution in [0, 0.1) is 5.41 Å². The number of nitrogens with zero attached hydrogens (tertiary/aromatic N) is 2. The van der Waals surface area contributed by atoms with Crippen LogP contribution in [-0.2, 0) is 14.3 Å². The van der Waals surface area contributed by atoms with E-state index in [-0.39, 0.29) is 36.4 Å². The fraction of sp³-hybridized carbons (Fsp3) is 0.444. The van der Waals surface area contributed by atoms with Crippen molar-refractivity contribution in [2.24, 2.45) is 5.41 Å². The van der Waals surface area contributed by atoms with Crippen molar-refractivity contribution in [2.45, 2.75) is 51.1 Å².